The Morgan fingerprint density at radius 1 is 1.30 bits per heavy atom. The Hall–Kier alpha value is -0.190. The average Bonchev–Trinajstić information content (AvgIpc) is 2.37. The number of piperidine rings is 1. The van der Waals surface area contributed by atoms with Crippen molar-refractivity contribution in [2.24, 2.45) is 5.92 Å². The van der Waals surface area contributed by atoms with E-state index in [9.17, 15) is 4.79 Å². The van der Waals surface area contributed by atoms with Gasteiger partial charge in [0.25, 0.3) is 0 Å². The Labute approximate surface area is 138 Å². The second-order valence-electron chi connectivity index (χ2n) is 5.88. The summed E-state index contributed by atoms with van der Waals surface area (Å²) in [5.74, 6) is 0.749. The molecule has 4 heteroatoms. The molecule has 1 aliphatic rings. The zero-order valence-electron chi connectivity index (χ0n) is 12.0. The Morgan fingerprint density at radius 3 is 2.55 bits per heavy atom. The Morgan fingerprint density at radius 2 is 1.95 bits per heavy atom. The van der Waals surface area contributed by atoms with E-state index < -0.39 is 0 Å². The van der Waals surface area contributed by atoms with Crippen molar-refractivity contribution in [3.8, 4) is 0 Å². The molecule has 1 saturated heterocycles. The van der Waals surface area contributed by atoms with Crippen LogP contribution in [0.25, 0.3) is 0 Å². The fourth-order valence-electron chi connectivity index (χ4n) is 2.83. The van der Waals surface area contributed by atoms with Crippen LogP contribution in [0.4, 0.5) is 0 Å². The van der Waals surface area contributed by atoms with Crippen LogP contribution in [0.15, 0.2) is 27.1 Å². The number of Topliss-reactive ketones (excluding diaryl/α,β-unsaturated/α-hetero) is 1. The summed E-state index contributed by atoms with van der Waals surface area (Å²) < 4.78 is 1.89. The van der Waals surface area contributed by atoms with Gasteiger partial charge in [-0.15, -0.1) is 0 Å². The molecule has 1 aromatic carbocycles. The van der Waals surface area contributed by atoms with E-state index in [1.165, 1.54) is 19.4 Å². The van der Waals surface area contributed by atoms with Crippen LogP contribution in [0.5, 0.6) is 0 Å². The third kappa shape index (κ3) is 4.40. The minimum absolute atomic E-state index is 0.252. The number of carbonyl (C=O) groups excluding carboxylic acids is 1. The summed E-state index contributed by atoms with van der Waals surface area (Å²) in [6, 6.07) is 6.36. The van der Waals surface area contributed by atoms with E-state index in [0.29, 0.717) is 18.4 Å². The van der Waals surface area contributed by atoms with Gasteiger partial charge in [0.15, 0.2) is 5.78 Å². The van der Waals surface area contributed by atoms with Crippen LogP contribution < -0.4 is 0 Å². The highest BCUT2D eigenvalue weighted by molar-refractivity contribution is 9.11. The Kier molecular flexibility index (Phi) is 5.82. The van der Waals surface area contributed by atoms with E-state index in [0.717, 1.165) is 21.1 Å². The van der Waals surface area contributed by atoms with Crippen molar-refractivity contribution in [2.75, 3.05) is 13.1 Å². The molecule has 0 spiro atoms. The molecular weight excluding hydrogens is 382 g/mol. The normalized spacial score (nSPS) is 20.4. The second-order valence-corrected chi connectivity index (χ2v) is 7.71. The number of benzene rings is 1. The number of carbonyl (C=O) groups is 1. The fraction of sp³-hybridized carbons (Fsp3) is 0.562. The molecule has 0 bridgehead atoms. The molecule has 0 aliphatic carbocycles. The molecule has 2 nitrogen and oxygen atoms in total. The predicted octanol–water partition coefficient (Wildman–Crippen LogP) is 4.90. The summed E-state index contributed by atoms with van der Waals surface area (Å²) in [6.07, 6.45) is 3.04. The van der Waals surface area contributed by atoms with Crippen LogP contribution in [0, 0.1) is 5.92 Å². The molecule has 1 aliphatic heterocycles. The minimum Gasteiger partial charge on any atom is -0.301 e. The second kappa shape index (κ2) is 7.19. The van der Waals surface area contributed by atoms with Gasteiger partial charge < -0.3 is 4.90 Å². The van der Waals surface area contributed by atoms with Crippen LogP contribution in [-0.4, -0.2) is 29.8 Å². The molecule has 110 valence electrons. The predicted molar refractivity (Wildman–Crippen MR) is 90.2 cm³/mol. The van der Waals surface area contributed by atoms with Gasteiger partial charge in [-0.1, -0.05) is 31.9 Å². The first kappa shape index (κ1) is 16.2. The van der Waals surface area contributed by atoms with Crippen molar-refractivity contribution >= 4 is 37.6 Å². The maximum atomic E-state index is 12.4. The van der Waals surface area contributed by atoms with E-state index in [4.69, 9.17) is 0 Å². The van der Waals surface area contributed by atoms with Gasteiger partial charge in [-0.2, -0.15) is 0 Å². The van der Waals surface area contributed by atoms with Crippen molar-refractivity contribution in [1.82, 2.24) is 4.90 Å². The molecule has 1 atom stereocenters. The quantitative estimate of drug-likeness (QED) is 0.667. The van der Waals surface area contributed by atoms with Crippen LogP contribution in [0.2, 0.25) is 0 Å². The van der Waals surface area contributed by atoms with Crippen LogP contribution in [0.3, 0.4) is 0 Å². The topological polar surface area (TPSA) is 20.3 Å². The van der Waals surface area contributed by atoms with E-state index >= 15 is 0 Å². The third-order valence-corrected chi connectivity index (χ3v) is 4.85. The Balaban J connectivity index is 2.00. The molecule has 0 saturated carbocycles. The molecule has 0 radical (unpaired) electrons. The minimum atomic E-state index is 0.252. The molecule has 20 heavy (non-hydrogen) atoms. The fourth-order valence-corrected chi connectivity index (χ4v) is 4.12. The highest BCUT2D eigenvalue weighted by Gasteiger charge is 2.24. The molecular formula is C16H21Br2NO. The summed E-state index contributed by atoms with van der Waals surface area (Å²) in [5.41, 5.74) is 0.799. The molecule has 0 aromatic heterocycles. The number of ketones is 1. The first-order valence-electron chi connectivity index (χ1n) is 7.19. The lowest BCUT2D eigenvalue weighted by molar-refractivity contribution is 0.0890. The average molecular weight is 403 g/mol. The van der Waals surface area contributed by atoms with Crippen LogP contribution in [0.1, 0.15) is 43.5 Å². The Bertz CT molecular complexity index is 467. The monoisotopic (exact) mass is 401 g/mol. The molecule has 0 unspecified atom stereocenters. The van der Waals surface area contributed by atoms with Crippen molar-refractivity contribution in [2.45, 2.75) is 39.2 Å². The van der Waals surface area contributed by atoms with E-state index in [1.54, 1.807) is 0 Å². The summed E-state index contributed by atoms with van der Waals surface area (Å²) in [4.78, 5) is 14.9. The van der Waals surface area contributed by atoms with Gasteiger partial charge in [-0.25, -0.2) is 0 Å². The smallest absolute Gasteiger partial charge is 0.163 e. The summed E-state index contributed by atoms with van der Waals surface area (Å²) in [7, 11) is 0. The maximum absolute atomic E-state index is 12.4. The number of nitrogens with zero attached hydrogens (tertiary/aromatic N) is 1. The summed E-state index contributed by atoms with van der Waals surface area (Å²) in [6.45, 7) is 6.69. The highest BCUT2D eigenvalue weighted by Crippen LogP contribution is 2.25. The highest BCUT2D eigenvalue weighted by atomic mass is 79.9. The third-order valence-electron chi connectivity index (χ3n) is 3.94. The molecule has 0 N–H and O–H groups in total. The van der Waals surface area contributed by atoms with Crippen LogP contribution >= 0.6 is 31.9 Å². The lowest BCUT2D eigenvalue weighted by atomic mass is 9.90. The SMILES string of the molecule is CC(C)N1CCC[C@@H](CC(=O)c2cc(Br)cc(Br)c2)C1. The van der Waals surface area contributed by atoms with Crippen molar-refractivity contribution < 1.29 is 4.79 Å². The van der Waals surface area contributed by atoms with Gasteiger partial charge in [-0.3, -0.25) is 4.79 Å². The van der Waals surface area contributed by atoms with Gasteiger partial charge >= 0.3 is 0 Å². The maximum Gasteiger partial charge on any atom is 0.163 e. The lowest BCUT2D eigenvalue weighted by Gasteiger charge is -2.35. The van der Waals surface area contributed by atoms with Crippen molar-refractivity contribution in [3.05, 3.63) is 32.7 Å². The van der Waals surface area contributed by atoms with Gasteiger partial charge in [0.2, 0.25) is 0 Å². The van der Waals surface area contributed by atoms with Gasteiger partial charge in [0.05, 0.1) is 0 Å². The van der Waals surface area contributed by atoms with E-state index in [1.807, 2.05) is 18.2 Å². The summed E-state index contributed by atoms with van der Waals surface area (Å²) in [5, 5.41) is 0. The van der Waals surface area contributed by atoms with Gasteiger partial charge in [0.1, 0.15) is 0 Å². The number of halogens is 2. The number of hydrogen-bond donors (Lipinski definition) is 0. The zero-order valence-corrected chi connectivity index (χ0v) is 15.2. The number of rotatable bonds is 4. The van der Waals surface area contributed by atoms with Gasteiger partial charge in [-0.05, 0) is 57.4 Å². The van der Waals surface area contributed by atoms with E-state index in [-0.39, 0.29) is 5.78 Å². The number of hydrogen-bond acceptors (Lipinski definition) is 2. The van der Waals surface area contributed by atoms with Gasteiger partial charge in [0, 0.05) is 33.5 Å². The molecule has 1 fully saturated rings. The van der Waals surface area contributed by atoms with Crippen molar-refractivity contribution in [1.29, 1.82) is 0 Å². The summed E-state index contributed by atoms with van der Waals surface area (Å²) >= 11 is 6.89. The van der Waals surface area contributed by atoms with Crippen LogP contribution in [-0.2, 0) is 0 Å². The largest absolute Gasteiger partial charge is 0.301 e. The molecule has 0 amide bonds. The standard InChI is InChI=1S/C16H21Br2NO/c1-11(2)19-5-3-4-12(10-19)6-16(20)13-7-14(17)9-15(18)8-13/h7-9,11-12H,3-6,10H2,1-2H3/t12-/m0/s1. The molecule has 1 heterocycles. The first-order chi connectivity index (χ1) is 9.45. The molecule has 2 rings (SSSR count). The zero-order chi connectivity index (χ0) is 14.7. The molecule has 1 aromatic rings. The lowest BCUT2D eigenvalue weighted by Crippen LogP contribution is -2.40. The van der Waals surface area contributed by atoms with E-state index in [2.05, 4.69) is 50.6 Å². The number of likely N-dealkylation sites (tertiary alicyclic amines) is 1. The first-order valence-corrected chi connectivity index (χ1v) is 8.77. The van der Waals surface area contributed by atoms with Crippen molar-refractivity contribution in [3.63, 3.8) is 0 Å².